The molecule has 0 aromatic carbocycles. The van der Waals surface area contributed by atoms with Crippen molar-refractivity contribution < 1.29 is 9.90 Å². The normalized spacial score (nSPS) is 9.87. The van der Waals surface area contributed by atoms with E-state index in [9.17, 15) is 4.79 Å². The van der Waals surface area contributed by atoms with Crippen LogP contribution in [0.1, 0.15) is 10.4 Å². The number of carbonyl (C=O) groups is 1. The van der Waals surface area contributed by atoms with Gasteiger partial charge in [-0.25, -0.2) is 4.79 Å². The van der Waals surface area contributed by atoms with Gasteiger partial charge in [-0.05, 0) is 24.3 Å². The predicted molar refractivity (Wildman–Crippen MR) is 54.4 cm³/mol. The van der Waals surface area contributed by atoms with Crippen molar-refractivity contribution >= 4 is 5.97 Å². The third-order valence-corrected chi connectivity index (χ3v) is 1.94. The van der Waals surface area contributed by atoms with Crippen molar-refractivity contribution in [2.45, 2.75) is 0 Å². The van der Waals surface area contributed by atoms with E-state index in [2.05, 4.69) is 9.97 Å². The van der Waals surface area contributed by atoms with Crippen LogP contribution in [0.4, 0.5) is 0 Å². The van der Waals surface area contributed by atoms with Gasteiger partial charge < -0.3 is 5.11 Å². The lowest BCUT2D eigenvalue weighted by molar-refractivity contribution is 0.0696. The van der Waals surface area contributed by atoms with Crippen LogP contribution in [0.2, 0.25) is 0 Å². The highest BCUT2D eigenvalue weighted by Gasteiger charge is 2.04. The van der Waals surface area contributed by atoms with E-state index in [-0.39, 0.29) is 5.56 Å². The molecular formula is C11H8N2O2. The van der Waals surface area contributed by atoms with Crippen LogP contribution >= 0.6 is 0 Å². The maximum absolute atomic E-state index is 10.6. The highest BCUT2D eigenvalue weighted by atomic mass is 16.4. The van der Waals surface area contributed by atoms with E-state index in [1.54, 1.807) is 12.3 Å². The fourth-order valence-electron chi connectivity index (χ4n) is 1.19. The van der Waals surface area contributed by atoms with E-state index in [1.807, 2.05) is 18.2 Å². The molecule has 2 rings (SSSR count). The molecule has 0 aliphatic rings. The molecule has 1 N–H and O–H groups in total. The molecule has 4 nitrogen and oxygen atoms in total. The summed E-state index contributed by atoms with van der Waals surface area (Å²) < 4.78 is 0. The molecule has 0 aliphatic carbocycles. The zero-order valence-electron chi connectivity index (χ0n) is 7.79. The van der Waals surface area contributed by atoms with Crippen LogP contribution in [0.15, 0.2) is 42.7 Å². The average Bonchev–Trinajstić information content (AvgIpc) is 2.30. The van der Waals surface area contributed by atoms with Crippen molar-refractivity contribution in [3.63, 3.8) is 0 Å². The Morgan fingerprint density at radius 1 is 1.07 bits per heavy atom. The van der Waals surface area contributed by atoms with E-state index in [4.69, 9.17) is 5.11 Å². The number of aromatic nitrogens is 2. The van der Waals surface area contributed by atoms with Gasteiger partial charge >= 0.3 is 5.97 Å². The molecule has 74 valence electrons. The number of nitrogens with zero attached hydrogens (tertiary/aromatic N) is 2. The SMILES string of the molecule is O=C(O)c1ccc(-c2ccccn2)nc1. The Hall–Kier alpha value is -2.23. The second-order valence-electron chi connectivity index (χ2n) is 2.95. The van der Waals surface area contributed by atoms with Crippen LogP contribution in [0.5, 0.6) is 0 Å². The molecule has 2 aromatic heterocycles. The molecular weight excluding hydrogens is 192 g/mol. The van der Waals surface area contributed by atoms with Gasteiger partial charge in [0.05, 0.1) is 17.0 Å². The molecule has 0 unspecified atom stereocenters. The number of carboxylic acid groups (broad SMARTS) is 1. The van der Waals surface area contributed by atoms with Gasteiger partial charge in [0.25, 0.3) is 0 Å². The number of pyridine rings is 2. The van der Waals surface area contributed by atoms with E-state index >= 15 is 0 Å². The Morgan fingerprint density at radius 3 is 2.40 bits per heavy atom. The molecule has 0 fully saturated rings. The lowest BCUT2D eigenvalue weighted by Crippen LogP contribution is -1.97. The maximum Gasteiger partial charge on any atom is 0.337 e. The monoisotopic (exact) mass is 200 g/mol. The third kappa shape index (κ3) is 1.99. The summed E-state index contributed by atoms with van der Waals surface area (Å²) in [6.07, 6.45) is 2.99. The molecule has 0 bridgehead atoms. The van der Waals surface area contributed by atoms with Crippen LogP contribution in [0.3, 0.4) is 0 Å². The summed E-state index contributed by atoms with van der Waals surface area (Å²) >= 11 is 0. The summed E-state index contributed by atoms with van der Waals surface area (Å²) in [5.41, 5.74) is 1.57. The molecule has 0 radical (unpaired) electrons. The molecule has 15 heavy (non-hydrogen) atoms. The van der Waals surface area contributed by atoms with Crippen molar-refractivity contribution in [2.75, 3.05) is 0 Å². The number of hydrogen-bond acceptors (Lipinski definition) is 3. The highest BCUT2D eigenvalue weighted by Crippen LogP contribution is 2.13. The minimum atomic E-state index is -0.977. The van der Waals surface area contributed by atoms with Crippen molar-refractivity contribution in [1.82, 2.24) is 9.97 Å². The Balaban J connectivity index is 2.36. The van der Waals surface area contributed by atoms with Crippen LogP contribution < -0.4 is 0 Å². The molecule has 2 aromatic rings. The van der Waals surface area contributed by atoms with Crippen LogP contribution in [0.25, 0.3) is 11.4 Å². The first-order valence-electron chi connectivity index (χ1n) is 4.38. The smallest absolute Gasteiger partial charge is 0.337 e. The molecule has 2 heterocycles. The molecule has 0 saturated carbocycles. The summed E-state index contributed by atoms with van der Waals surface area (Å²) in [5.74, 6) is -0.977. The Morgan fingerprint density at radius 2 is 1.87 bits per heavy atom. The fourth-order valence-corrected chi connectivity index (χ4v) is 1.19. The molecule has 0 atom stereocenters. The van der Waals surface area contributed by atoms with E-state index in [0.717, 1.165) is 5.69 Å². The summed E-state index contributed by atoms with van der Waals surface area (Å²) in [6.45, 7) is 0. The Bertz CT molecular complexity index is 466. The first kappa shape index (κ1) is 9.33. The van der Waals surface area contributed by atoms with Crippen LogP contribution in [-0.2, 0) is 0 Å². The Kier molecular flexibility index (Phi) is 2.41. The van der Waals surface area contributed by atoms with E-state index < -0.39 is 5.97 Å². The fraction of sp³-hybridized carbons (Fsp3) is 0. The number of rotatable bonds is 2. The molecule has 0 aliphatic heterocycles. The van der Waals surface area contributed by atoms with Gasteiger partial charge in [0, 0.05) is 12.4 Å². The largest absolute Gasteiger partial charge is 0.478 e. The third-order valence-electron chi connectivity index (χ3n) is 1.94. The maximum atomic E-state index is 10.6. The predicted octanol–water partition coefficient (Wildman–Crippen LogP) is 1.84. The van der Waals surface area contributed by atoms with Gasteiger partial charge in [-0.2, -0.15) is 0 Å². The van der Waals surface area contributed by atoms with Gasteiger partial charge in [-0.15, -0.1) is 0 Å². The van der Waals surface area contributed by atoms with Crippen LogP contribution in [0, 0.1) is 0 Å². The van der Waals surface area contributed by atoms with Gasteiger partial charge in [0.15, 0.2) is 0 Å². The van der Waals surface area contributed by atoms with Gasteiger partial charge in [0.1, 0.15) is 0 Å². The lowest BCUT2D eigenvalue weighted by Gasteiger charge is -1.99. The van der Waals surface area contributed by atoms with Crippen molar-refractivity contribution in [2.24, 2.45) is 0 Å². The minimum absolute atomic E-state index is 0.176. The Labute approximate surface area is 86.2 Å². The van der Waals surface area contributed by atoms with Crippen LogP contribution in [-0.4, -0.2) is 21.0 Å². The number of aromatic carboxylic acids is 1. The average molecular weight is 200 g/mol. The number of hydrogen-bond donors (Lipinski definition) is 1. The van der Waals surface area contributed by atoms with Crippen molar-refractivity contribution in [3.05, 3.63) is 48.3 Å². The lowest BCUT2D eigenvalue weighted by atomic mass is 10.2. The van der Waals surface area contributed by atoms with Gasteiger partial charge in [-0.1, -0.05) is 6.07 Å². The minimum Gasteiger partial charge on any atom is -0.478 e. The van der Waals surface area contributed by atoms with Crippen molar-refractivity contribution in [3.8, 4) is 11.4 Å². The summed E-state index contributed by atoms with van der Waals surface area (Å²) in [6, 6.07) is 8.65. The standard InChI is InChI=1S/C11H8N2O2/c14-11(15)8-4-5-10(13-7-8)9-3-1-2-6-12-9/h1-7H,(H,14,15). The highest BCUT2D eigenvalue weighted by molar-refractivity contribution is 5.87. The van der Waals surface area contributed by atoms with Gasteiger partial charge in [0.2, 0.25) is 0 Å². The topological polar surface area (TPSA) is 63.1 Å². The first-order valence-corrected chi connectivity index (χ1v) is 4.38. The summed E-state index contributed by atoms with van der Waals surface area (Å²) in [4.78, 5) is 18.7. The quantitative estimate of drug-likeness (QED) is 0.803. The zero-order valence-corrected chi connectivity index (χ0v) is 7.79. The summed E-state index contributed by atoms with van der Waals surface area (Å²) in [5, 5.41) is 8.69. The molecule has 0 saturated heterocycles. The summed E-state index contributed by atoms with van der Waals surface area (Å²) in [7, 11) is 0. The molecule has 0 spiro atoms. The van der Waals surface area contributed by atoms with Crippen molar-refractivity contribution in [1.29, 1.82) is 0 Å². The van der Waals surface area contributed by atoms with E-state index in [0.29, 0.717) is 5.69 Å². The zero-order chi connectivity index (χ0) is 10.7. The van der Waals surface area contributed by atoms with Gasteiger partial charge in [-0.3, -0.25) is 9.97 Å². The second-order valence-corrected chi connectivity index (χ2v) is 2.95. The molecule has 0 amide bonds. The second kappa shape index (κ2) is 3.88. The van der Waals surface area contributed by atoms with E-state index in [1.165, 1.54) is 12.3 Å². The molecule has 4 heteroatoms. The number of carboxylic acids is 1. The first-order chi connectivity index (χ1) is 7.27.